The van der Waals surface area contributed by atoms with Gasteiger partial charge in [-0.05, 0) is 102 Å². The van der Waals surface area contributed by atoms with Gasteiger partial charge in [0, 0.05) is 28.6 Å². The van der Waals surface area contributed by atoms with Crippen LogP contribution in [0.4, 0.5) is 11.4 Å². The van der Waals surface area contributed by atoms with Gasteiger partial charge in [-0.1, -0.05) is 139 Å². The molecule has 0 spiro atoms. The summed E-state index contributed by atoms with van der Waals surface area (Å²) in [5, 5.41) is 0. The van der Waals surface area contributed by atoms with E-state index in [0.29, 0.717) is 11.8 Å². The summed E-state index contributed by atoms with van der Waals surface area (Å²) >= 11 is 0. The molecule has 2 unspecified atom stereocenters. The Morgan fingerprint density at radius 3 is 1.28 bits per heavy atom. The van der Waals surface area contributed by atoms with Crippen LogP contribution in [0.5, 0.6) is 0 Å². The van der Waals surface area contributed by atoms with Gasteiger partial charge in [0.05, 0.1) is 0 Å². The lowest BCUT2D eigenvalue weighted by Gasteiger charge is -2.42. The van der Waals surface area contributed by atoms with Gasteiger partial charge in [-0.2, -0.15) is 0 Å². The summed E-state index contributed by atoms with van der Waals surface area (Å²) in [5.74, 6) is 1.64. The number of benzene rings is 4. The predicted molar refractivity (Wildman–Crippen MR) is 200 cm³/mol. The molecule has 0 radical (unpaired) electrons. The molecule has 2 atom stereocenters. The molecular formula is C44H58N2. The molecule has 46 heavy (non-hydrogen) atoms. The summed E-state index contributed by atoms with van der Waals surface area (Å²) in [4.78, 5) is 0. The second-order valence-corrected chi connectivity index (χ2v) is 14.1. The lowest BCUT2D eigenvalue weighted by molar-refractivity contribution is 0.250. The average molecular weight is 615 g/mol. The molecular weight excluding hydrogens is 556 g/mol. The molecule has 1 aliphatic rings. The van der Waals surface area contributed by atoms with Gasteiger partial charge in [0.1, 0.15) is 0 Å². The first-order valence-electron chi connectivity index (χ1n) is 18.4. The van der Waals surface area contributed by atoms with Crippen LogP contribution in [0.3, 0.4) is 0 Å². The molecule has 0 saturated heterocycles. The van der Waals surface area contributed by atoms with Crippen LogP contribution < -0.4 is 11.5 Å². The van der Waals surface area contributed by atoms with Crippen molar-refractivity contribution in [2.45, 2.75) is 121 Å². The van der Waals surface area contributed by atoms with E-state index in [1.54, 1.807) is 0 Å². The molecule has 0 bridgehead atoms. The third-order valence-electron chi connectivity index (χ3n) is 11.2. The number of hydrogen-bond acceptors (Lipinski definition) is 2. The van der Waals surface area contributed by atoms with E-state index in [1.807, 2.05) is 24.3 Å². The normalized spacial score (nSPS) is 19.5. The van der Waals surface area contributed by atoms with Crippen LogP contribution in [0, 0.1) is 5.92 Å². The van der Waals surface area contributed by atoms with Crippen LogP contribution in [-0.2, 0) is 5.41 Å². The number of nitrogen functional groups attached to an aromatic ring is 2. The van der Waals surface area contributed by atoms with Gasteiger partial charge in [-0.15, -0.1) is 0 Å². The molecule has 1 fully saturated rings. The minimum absolute atomic E-state index is 0.0699. The number of anilines is 2. The summed E-state index contributed by atoms with van der Waals surface area (Å²) in [6.07, 6.45) is 17.0. The summed E-state index contributed by atoms with van der Waals surface area (Å²) in [7, 11) is 0. The molecule has 2 nitrogen and oxygen atoms in total. The first kappa shape index (κ1) is 33.8. The average Bonchev–Trinajstić information content (AvgIpc) is 3.09. The highest BCUT2D eigenvalue weighted by molar-refractivity contribution is 5.47. The minimum atomic E-state index is 0.0699. The maximum absolute atomic E-state index is 6.00. The van der Waals surface area contributed by atoms with Crippen LogP contribution in [0.25, 0.3) is 0 Å². The Labute approximate surface area is 280 Å². The summed E-state index contributed by atoms with van der Waals surface area (Å²) in [5.41, 5.74) is 22.2. The van der Waals surface area contributed by atoms with Crippen LogP contribution >= 0.6 is 0 Å². The lowest BCUT2D eigenvalue weighted by Crippen LogP contribution is -2.33. The fraction of sp³-hybridized carbons (Fsp3) is 0.455. The Hall–Kier alpha value is -3.52. The zero-order valence-electron chi connectivity index (χ0n) is 28.8. The molecule has 4 N–H and O–H groups in total. The van der Waals surface area contributed by atoms with Crippen molar-refractivity contribution in [3.8, 4) is 0 Å². The van der Waals surface area contributed by atoms with Crippen molar-refractivity contribution in [3.63, 3.8) is 0 Å². The van der Waals surface area contributed by atoms with Crippen LogP contribution in [0.2, 0.25) is 0 Å². The number of hydrogen-bond donors (Lipinski definition) is 2. The van der Waals surface area contributed by atoms with Crippen molar-refractivity contribution < 1.29 is 0 Å². The Bertz CT molecular complexity index is 1340. The standard InChI is InChI=1S/C44H58N2/c1-4-7-8-9-10-11-12-33-29-31-44(32-30-33,38-21-13-34(14-22-38)42(5-2)36-17-25-40(45)26-18-36)39-23-15-35(16-24-39)43(6-3)37-19-27-41(46)28-20-37/h13-28,33,42-43H,4-12,29-32,45-46H2,1-3H3. The number of rotatable bonds is 15. The first-order valence-corrected chi connectivity index (χ1v) is 18.4. The smallest absolute Gasteiger partial charge is 0.0314 e. The highest BCUT2D eigenvalue weighted by Crippen LogP contribution is 2.48. The first-order chi connectivity index (χ1) is 22.5. The summed E-state index contributed by atoms with van der Waals surface area (Å²) in [6.45, 7) is 6.88. The second-order valence-electron chi connectivity index (χ2n) is 14.1. The molecule has 0 amide bonds. The van der Waals surface area contributed by atoms with E-state index in [2.05, 4.69) is 93.6 Å². The van der Waals surface area contributed by atoms with E-state index in [1.165, 1.54) is 104 Å². The van der Waals surface area contributed by atoms with Gasteiger partial charge in [-0.3, -0.25) is 0 Å². The maximum atomic E-state index is 6.00. The van der Waals surface area contributed by atoms with E-state index < -0.39 is 0 Å². The van der Waals surface area contributed by atoms with Gasteiger partial charge < -0.3 is 11.5 Å². The van der Waals surface area contributed by atoms with E-state index in [-0.39, 0.29) is 5.41 Å². The molecule has 5 rings (SSSR count). The van der Waals surface area contributed by atoms with Crippen LogP contribution in [0.15, 0.2) is 97.1 Å². The van der Waals surface area contributed by atoms with Crippen molar-refractivity contribution in [2.75, 3.05) is 11.5 Å². The zero-order chi connectivity index (χ0) is 32.4. The molecule has 4 aromatic rings. The van der Waals surface area contributed by atoms with E-state index in [0.717, 1.165) is 30.1 Å². The Morgan fingerprint density at radius 1 is 0.522 bits per heavy atom. The molecule has 244 valence electrons. The Morgan fingerprint density at radius 2 is 0.891 bits per heavy atom. The molecule has 0 aliphatic heterocycles. The fourth-order valence-electron chi connectivity index (χ4n) is 8.27. The third-order valence-corrected chi connectivity index (χ3v) is 11.2. The van der Waals surface area contributed by atoms with Gasteiger partial charge in [0.15, 0.2) is 0 Å². The highest BCUT2D eigenvalue weighted by atomic mass is 14.5. The Balaban J connectivity index is 1.39. The van der Waals surface area contributed by atoms with Gasteiger partial charge in [0.25, 0.3) is 0 Å². The van der Waals surface area contributed by atoms with Gasteiger partial charge in [-0.25, -0.2) is 0 Å². The lowest BCUT2D eigenvalue weighted by atomic mass is 9.62. The van der Waals surface area contributed by atoms with Crippen molar-refractivity contribution >= 4 is 11.4 Å². The molecule has 1 aliphatic carbocycles. The van der Waals surface area contributed by atoms with Crippen LogP contribution in [-0.4, -0.2) is 0 Å². The zero-order valence-corrected chi connectivity index (χ0v) is 28.8. The van der Waals surface area contributed by atoms with Crippen molar-refractivity contribution in [1.29, 1.82) is 0 Å². The summed E-state index contributed by atoms with van der Waals surface area (Å²) in [6, 6.07) is 36.4. The van der Waals surface area contributed by atoms with Crippen LogP contribution in [0.1, 0.15) is 149 Å². The van der Waals surface area contributed by atoms with Crippen molar-refractivity contribution in [1.82, 2.24) is 0 Å². The highest BCUT2D eigenvalue weighted by Gasteiger charge is 2.38. The minimum Gasteiger partial charge on any atom is -0.399 e. The van der Waals surface area contributed by atoms with Gasteiger partial charge in [0.2, 0.25) is 0 Å². The topological polar surface area (TPSA) is 52.0 Å². The monoisotopic (exact) mass is 614 g/mol. The molecule has 0 heterocycles. The van der Waals surface area contributed by atoms with Gasteiger partial charge >= 0.3 is 0 Å². The van der Waals surface area contributed by atoms with Crippen molar-refractivity contribution in [2.24, 2.45) is 5.92 Å². The molecule has 1 saturated carbocycles. The summed E-state index contributed by atoms with van der Waals surface area (Å²) < 4.78 is 0. The number of nitrogens with two attached hydrogens (primary N) is 2. The van der Waals surface area contributed by atoms with E-state index in [4.69, 9.17) is 11.5 Å². The van der Waals surface area contributed by atoms with E-state index >= 15 is 0 Å². The predicted octanol–water partition coefficient (Wildman–Crippen LogP) is 12.2. The third kappa shape index (κ3) is 8.06. The SMILES string of the molecule is CCCCCCCCC1CCC(c2ccc(C(CC)c3ccc(N)cc3)cc2)(c2ccc(C(CC)c3ccc(N)cc3)cc2)CC1. The largest absolute Gasteiger partial charge is 0.399 e. The fourth-order valence-corrected chi connectivity index (χ4v) is 8.27. The molecule has 0 aromatic heterocycles. The maximum Gasteiger partial charge on any atom is 0.0314 e. The van der Waals surface area contributed by atoms with E-state index in [9.17, 15) is 0 Å². The number of unbranched alkanes of at least 4 members (excludes halogenated alkanes) is 5. The Kier molecular flexibility index (Phi) is 12.0. The molecule has 4 aromatic carbocycles. The quantitative estimate of drug-likeness (QED) is 0.103. The second kappa shape index (κ2) is 16.3. The van der Waals surface area contributed by atoms with Crippen molar-refractivity contribution in [3.05, 3.63) is 130 Å². The molecule has 2 heteroatoms.